The third kappa shape index (κ3) is 2.17. The highest BCUT2D eigenvalue weighted by Gasteiger charge is 2.08. The lowest BCUT2D eigenvalue weighted by molar-refractivity contribution is -0.643. The van der Waals surface area contributed by atoms with E-state index in [2.05, 4.69) is 19.3 Å². The Morgan fingerprint density at radius 3 is 2.21 bits per heavy atom. The fourth-order valence-electron chi connectivity index (χ4n) is 1.46. The molecule has 0 atom stereocenters. The van der Waals surface area contributed by atoms with E-state index < -0.39 is 0 Å². The van der Waals surface area contributed by atoms with E-state index in [9.17, 15) is 0 Å². The molecule has 0 aromatic heterocycles. The van der Waals surface area contributed by atoms with Gasteiger partial charge in [-0.2, -0.15) is 0 Å². The van der Waals surface area contributed by atoms with Crippen molar-refractivity contribution in [3.8, 4) is 11.5 Å². The van der Waals surface area contributed by atoms with Crippen LogP contribution in [-0.2, 0) is 6.54 Å². The van der Waals surface area contributed by atoms with Crippen molar-refractivity contribution >= 4 is 0 Å². The lowest BCUT2D eigenvalue weighted by Crippen LogP contribution is -2.77. The van der Waals surface area contributed by atoms with E-state index in [1.54, 1.807) is 14.2 Å². The van der Waals surface area contributed by atoms with Crippen LogP contribution in [-0.4, -0.2) is 21.3 Å². The van der Waals surface area contributed by atoms with E-state index in [0.29, 0.717) is 0 Å². The predicted octanol–water partition coefficient (Wildman–Crippen LogP) is 0.705. The van der Waals surface area contributed by atoms with Crippen LogP contribution < -0.4 is 14.8 Å². The van der Waals surface area contributed by atoms with Crippen LogP contribution >= 0.6 is 0 Å². The van der Waals surface area contributed by atoms with E-state index in [4.69, 9.17) is 9.47 Å². The normalized spacial score (nSPS) is 10.0. The van der Waals surface area contributed by atoms with Crippen molar-refractivity contribution in [3.05, 3.63) is 23.3 Å². The maximum atomic E-state index is 5.24. The number of methoxy groups -OCH3 is 2. The molecule has 0 saturated carbocycles. The molecule has 0 aliphatic heterocycles. The van der Waals surface area contributed by atoms with E-state index in [1.807, 2.05) is 12.1 Å². The highest BCUT2D eigenvalue weighted by Crippen LogP contribution is 2.29. The summed E-state index contributed by atoms with van der Waals surface area (Å²) in [6.07, 6.45) is 0. The zero-order valence-corrected chi connectivity index (χ0v) is 9.26. The minimum Gasteiger partial charge on any atom is -0.493 e. The van der Waals surface area contributed by atoms with Gasteiger partial charge in [-0.15, -0.1) is 0 Å². The molecule has 1 rings (SSSR count). The molecule has 0 heterocycles. The molecule has 1 aromatic rings. The van der Waals surface area contributed by atoms with Gasteiger partial charge in [-0.25, -0.2) is 0 Å². The molecule has 0 fully saturated rings. The van der Waals surface area contributed by atoms with Gasteiger partial charge < -0.3 is 14.8 Å². The van der Waals surface area contributed by atoms with Crippen molar-refractivity contribution in [1.29, 1.82) is 0 Å². The third-order valence-electron chi connectivity index (χ3n) is 2.27. The third-order valence-corrected chi connectivity index (χ3v) is 2.27. The second-order valence-corrected chi connectivity index (χ2v) is 3.25. The van der Waals surface area contributed by atoms with Crippen LogP contribution in [0.4, 0.5) is 0 Å². The summed E-state index contributed by atoms with van der Waals surface area (Å²) in [5.41, 5.74) is 2.52. The number of nitrogens with two attached hydrogens (primary N) is 1. The van der Waals surface area contributed by atoms with Crippen molar-refractivity contribution in [1.82, 2.24) is 0 Å². The van der Waals surface area contributed by atoms with Gasteiger partial charge in [0, 0.05) is 5.56 Å². The first-order chi connectivity index (χ1) is 6.72. The van der Waals surface area contributed by atoms with E-state index >= 15 is 0 Å². The fraction of sp³-hybridized carbons (Fsp3) is 0.455. The maximum Gasteiger partial charge on any atom is 0.161 e. The first kappa shape index (κ1) is 10.9. The summed E-state index contributed by atoms with van der Waals surface area (Å²) in [5, 5.41) is 2.13. The molecule has 2 N–H and O–H groups in total. The highest BCUT2D eigenvalue weighted by molar-refractivity contribution is 5.46. The Bertz CT molecular complexity index is 310. The number of rotatable bonds is 4. The number of quaternary nitrogens is 1. The average Bonchev–Trinajstić information content (AvgIpc) is 2.20. The molecule has 0 aliphatic carbocycles. The Kier molecular flexibility index (Phi) is 3.77. The zero-order chi connectivity index (χ0) is 10.6. The molecule has 0 spiro atoms. The molecular weight excluding hydrogens is 178 g/mol. The predicted molar refractivity (Wildman–Crippen MR) is 55.8 cm³/mol. The molecule has 3 nitrogen and oxygen atoms in total. The van der Waals surface area contributed by atoms with Crippen LogP contribution in [0.15, 0.2) is 12.1 Å². The number of benzene rings is 1. The van der Waals surface area contributed by atoms with Gasteiger partial charge in [-0.3, -0.25) is 0 Å². The quantitative estimate of drug-likeness (QED) is 0.769. The van der Waals surface area contributed by atoms with Gasteiger partial charge in [-0.1, -0.05) is 0 Å². The van der Waals surface area contributed by atoms with Crippen LogP contribution in [0.3, 0.4) is 0 Å². The molecule has 3 heteroatoms. The Morgan fingerprint density at radius 2 is 1.71 bits per heavy atom. The van der Waals surface area contributed by atoms with Gasteiger partial charge in [-0.05, 0) is 24.6 Å². The minimum absolute atomic E-state index is 0.796. The number of hydrogen-bond donors (Lipinski definition) is 1. The van der Waals surface area contributed by atoms with Crippen molar-refractivity contribution in [2.75, 3.05) is 21.3 Å². The lowest BCUT2D eigenvalue weighted by atomic mass is 10.1. The summed E-state index contributed by atoms with van der Waals surface area (Å²) in [6.45, 7) is 3.05. The molecule has 0 unspecified atom stereocenters. The molecule has 0 bridgehead atoms. The minimum atomic E-state index is 0.796. The van der Waals surface area contributed by atoms with Gasteiger partial charge in [0.1, 0.15) is 6.54 Å². The largest absolute Gasteiger partial charge is 0.493 e. The zero-order valence-electron chi connectivity index (χ0n) is 9.26. The number of hydrogen-bond acceptors (Lipinski definition) is 2. The van der Waals surface area contributed by atoms with Crippen molar-refractivity contribution in [2.45, 2.75) is 13.5 Å². The Hall–Kier alpha value is -1.22. The summed E-state index contributed by atoms with van der Waals surface area (Å²) in [6, 6.07) is 4.05. The molecule has 1 aromatic carbocycles. The highest BCUT2D eigenvalue weighted by atomic mass is 16.5. The summed E-state index contributed by atoms with van der Waals surface area (Å²) in [4.78, 5) is 0. The van der Waals surface area contributed by atoms with Crippen molar-refractivity contribution < 1.29 is 14.8 Å². The van der Waals surface area contributed by atoms with Gasteiger partial charge in [0.05, 0.1) is 21.3 Å². The summed E-state index contributed by atoms with van der Waals surface area (Å²) in [5.74, 6) is 1.60. The number of ether oxygens (including phenoxy) is 2. The Morgan fingerprint density at radius 1 is 1.14 bits per heavy atom. The lowest BCUT2D eigenvalue weighted by Gasteiger charge is -2.11. The van der Waals surface area contributed by atoms with E-state index in [1.165, 1.54) is 11.1 Å². The van der Waals surface area contributed by atoms with Gasteiger partial charge >= 0.3 is 0 Å². The van der Waals surface area contributed by atoms with Crippen molar-refractivity contribution in [3.63, 3.8) is 0 Å². The van der Waals surface area contributed by atoms with E-state index in [0.717, 1.165) is 18.0 Å². The standard InChI is InChI=1S/C11H17NO2/c1-8-5-10(13-3)11(14-4)6-9(8)7-12-2/h5-6,12H,7H2,1-4H3/p+1. The topological polar surface area (TPSA) is 35.1 Å². The summed E-state index contributed by atoms with van der Waals surface area (Å²) >= 11 is 0. The number of aryl methyl sites for hydroxylation is 1. The van der Waals surface area contributed by atoms with Crippen LogP contribution in [0, 0.1) is 6.92 Å². The second-order valence-electron chi connectivity index (χ2n) is 3.25. The molecule has 0 aliphatic rings. The van der Waals surface area contributed by atoms with Gasteiger partial charge in [0.2, 0.25) is 0 Å². The van der Waals surface area contributed by atoms with Crippen molar-refractivity contribution in [2.24, 2.45) is 0 Å². The van der Waals surface area contributed by atoms with E-state index in [-0.39, 0.29) is 0 Å². The van der Waals surface area contributed by atoms with Gasteiger partial charge in [0.15, 0.2) is 11.5 Å². The molecule has 0 saturated heterocycles. The van der Waals surface area contributed by atoms with Crippen LogP contribution in [0.2, 0.25) is 0 Å². The fourth-order valence-corrected chi connectivity index (χ4v) is 1.46. The second kappa shape index (κ2) is 4.86. The Balaban J connectivity index is 3.09. The molecule has 0 radical (unpaired) electrons. The summed E-state index contributed by atoms with van der Waals surface area (Å²) < 4.78 is 10.5. The molecule has 0 amide bonds. The molecular formula is C11H18NO2+. The monoisotopic (exact) mass is 196 g/mol. The van der Waals surface area contributed by atoms with Gasteiger partial charge in [0.25, 0.3) is 0 Å². The molecule has 78 valence electrons. The molecule has 14 heavy (non-hydrogen) atoms. The van der Waals surface area contributed by atoms with Crippen LogP contribution in [0.5, 0.6) is 11.5 Å². The SMILES string of the molecule is C[NH2+]Cc1cc(OC)c(OC)cc1C. The first-order valence-electron chi connectivity index (χ1n) is 4.72. The van der Waals surface area contributed by atoms with Crippen LogP contribution in [0.1, 0.15) is 11.1 Å². The maximum absolute atomic E-state index is 5.24. The van der Waals surface area contributed by atoms with Crippen LogP contribution in [0.25, 0.3) is 0 Å². The Labute approximate surface area is 85.0 Å². The summed E-state index contributed by atoms with van der Waals surface area (Å²) in [7, 11) is 5.37. The smallest absolute Gasteiger partial charge is 0.161 e. The average molecular weight is 196 g/mol. The first-order valence-corrected chi connectivity index (χ1v) is 4.72.